The summed E-state index contributed by atoms with van der Waals surface area (Å²) in [6.45, 7) is 3.99. The van der Waals surface area contributed by atoms with Crippen LogP contribution in [0.4, 0.5) is 0 Å². The first-order valence-corrected chi connectivity index (χ1v) is 8.84. The molecule has 1 N–H and O–H groups in total. The summed E-state index contributed by atoms with van der Waals surface area (Å²) in [6, 6.07) is 5.29. The Morgan fingerprint density at radius 1 is 1.32 bits per heavy atom. The molecule has 0 aliphatic carbocycles. The van der Waals surface area contributed by atoms with E-state index in [2.05, 4.69) is 10.1 Å². The molecule has 0 radical (unpaired) electrons. The molecule has 2 aliphatic heterocycles. The fourth-order valence-corrected chi connectivity index (χ4v) is 3.07. The lowest BCUT2D eigenvalue weighted by molar-refractivity contribution is -0.0128. The van der Waals surface area contributed by atoms with Gasteiger partial charge in [0.05, 0.1) is 24.5 Å². The Hall–Kier alpha value is -1.31. The fourth-order valence-electron chi connectivity index (χ4n) is 2.65. The Labute approximate surface area is 156 Å². The van der Waals surface area contributed by atoms with Crippen LogP contribution in [0.3, 0.4) is 0 Å². The van der Waals surface area contributed by atoms with Crippen molar-refractivity contribution < 1.29 is 19.4 Å². The van der Waals surface area contributed by atoms with Crippen LogP contribution in [0.1, 0.15) is 5.56 Å². The molecule has 1 atom stereocenters. The molecule has 8 heteroatoms. The molecule has 0 bridgehead atoms. The number of hydrogen-bond donors (Lipinski definition) is 1. The van der Waals surface area contributed by atoms with Gasteiger partial charge in [-0.3, -0.25) is 4.90 Å². The van der Waals surface area contributed by atoms with E-state index in [1.165, 1.54) is 6.21 Å². The molecule has 0 saturated carbocycles. The van der Waals surface area contributed by atoms with Gasteiger partial charge in [0.25, 0.3) is 0 Å². The second kappa shape index (κ2) is 8.87. The molecular formula is C17H20Cl2N2O4. The van der Waals surface area contributed by atoms with Gasteiger partial charge in [-0.25, -0.2) is 0 Å². The molecule has 136 valence electrons. The molecule has 3 rings (SSSR count). The molecule has 25 heavy (non-hydrogen) atoms. The topological polar surface area (TPSA) is 63.5 Å². The third-order valence-corrected chi connectivity index (χ3v) is 4.65. The van der Waals surface area contributed by atoms with Gasteiger partial charge in [0.1, 0.15) is 25.1 Å². The largest absolute Gasteiger partial charge is 0.488 e. The fraction of sp³-hybridized carbons (Fsp3) is 0.471. The van der Waals surface area contributed by atoms with Crippen molar-refractivity contribution in [3.8, 4) is 5.75 Å². The van der Waals surface area contributed by atoms with Crippen molar-refractivity contribution in [1.82, 2.24) is 4.90 Å². The molecule has 0 aromatic heterocycles. The van der Waals surface area contributed by atoms with Gasteiger partial charge in [-0.1, -0.05) is 28.4 Å². The van der Waals surface area contributed by atoms with Crippen molar-refractivity contribution in [2.24, 2.45) is 5.16 Å². The van der Waals surface area contributed by atoms with E-state index in [-0.39, 0.29) is 6.61 Å². The van der Waals surface area contributed by atoms with Crippen LogP contribution in [0.5, 0.6) is 5.75 Å². The lowest BCUT2D eigenvalue weighted by Crippen LogP contribution is -2.42. The van der Waals surface area contributed by atoms with Gasteiger partial charge in [0.15, 0.2) is 0 Å². The van der Waals surface area contributed by atoms with Gasteiger partial charge in [-0.05, 0) is 18.2 Å². The van der Waals surface area contributed by atoms with Crippen LogP contribution >= 0.6 is 23.2 Å². The second-order valence-electron chi connectivity index (χ2n) is 5.87. The molecule has 0 spiro atoms. The lowest BCUT2D eigenvalue weighted by atomic mass is 10.1. The van der Waals surface area contributed by atoms with Gasteiger partial charge in [0, 0.05) is 35.8 Å². The van der Waals surface area contributed by atoms with E-state index in [4.69, 9.17) is 37.5 Å². The highest BCUT2D eigenvalue weighted by Gasteiger charge is 2.18. The highest BCUT2D eigenvalue weighted by Crippen LogP contribution is 2.36. The Bertz CT molecular complexity index is 660. The van der Waals surface area contributed by atoms with Crippen LogP contribution in [-0.2, 0) is 9.57 Å². The third kappa shape index (κ3) is 5.09. The van der Waals surface area contributed by atoms with E-state index in [1.807, 2.05) is 0 Å². The number of hydrogen-bond acceptors (Lipinski definition) is 6. The quantitative estimate of drug-likeness (QED) is 0.600. The van der Waals surface area contributed by atoms with E-state index < -0.39 is 6.10 Å². The van der Waals surface area contributed by atoms with Gasteiger partial charge >= 0.3 is 0 Å². The van der Waals surface area contributed by atoms with Gasteiger partial charge in [0.2, 0.25) is 0 Å². The molecular weight excluding hydrogens is 367 g/mol. The molecule has 2 heterocycles. The van der Waals surface area contributed by atoms with Crippen LogP contribution in [0.15, 0.2) is 28.9 Å². The summed E-state index contributed by atoms with van der Waals surface area (Å²) < 4.78 is 10.9. The SMILES string of the molecule is O[C@@H](CO/N=C\C1=C(Cl)c2cc(Cl)ccc2OC1)CN1CCOCC1. The van der Waals surface area contributed by atoms with E-state index in [1.54, 1.807) is 18.2 Å². The Morgan fingerprint density at radius 3 is 2.92 bits per heavy atom. The molecule has 1 aromatic carbocycles. The second-order valence-corrected chi connectivity index (χ2v) is 6.68. The average Bonchev–Trinajstić information content (AvgIpc) is 2.62. The van der Waals surface area contributed by atoms with Crippen molar-refractivity contribution in [3.05, 3.63) is 34.4 Å². The summed E-state index contributed by atoms with van der Waals surface area (Å²) in [5.74, 6) is 0.688. The minimum Gasteiger partial charge on any atom is -0.488 e. The Morgan fingerprint density at radius 2 is 2.12 bits per heavy atom. The first kappa shape index (κ1) is 18.5. The summed E-state index contributed by atoms with van der Waals surface area (Å²) >= 11 is 12.4. The molecule has 1 aromatic rings. The normalized spacial score (nSPS) is 19.6. The van der Waals surface area contributed by atoms with Crippen LogP contribution in [0, 0.1) is 0 Å². The zero-order valence-electron chi connectivity index (χ0n) is 13.7. The van der Waals surface area contributed by atoms with Crippen molar-refractivity contribution in [1.29, 1.82) is 0 Å². The monoisotopic (exact) mass is 386 g/mol. The number of benzene rings is 1. The number of halogens is 2. The van der Waals surface area contributed by atoms with Gasteiger partial charge in [-0.15, -0.1) is 0 Å². The van der Waals surface area contributed by atoms with Crippen molar-refractivity contribution >= 4 is 34.4 Å². The van der Waals surface area contributed by atoms with Gasteiger partial charge < -0.3 is 19.4 Å². The van der Waals surface area contributed by atoms with Crippen molar-refractivity contribution in [2.75, 3.05) is 46.1 Å². The number of fused-ring (bicyclic) bond motifs is 1. The van der Waals surface area contributed by atoms with E-state index in [0.717, 1.165) is 18.7 Å². The van der Waals surface area contributed by atoms with Crippen LogP contribution in [0.2, 0.25) is 5.02 Å². The number of aliphatic hydroxyl groups excluding tert-OH is 1. The van der Waals surface area contributed by atoms with Crippen molar-refractivity contribution in [3.63, 3.8) is 0 Å². The van der Waals surface area contributed by atoms with Crippen LogP contribution < -0.4 is 4.74 Å². The average molecular weight is 387 g/mol. The molecule has 0 unspecified atom stereocenters. The van der Waals surface area contributed by atoms with Crippen LogP contribution in [-0.4, -0.2) is 68.4 Å². The number of oxime groups is 1. The molecule has 6 nitrogen and oxygen atoms in total. The predicted octanol–water partition coefficient (Wildman–Crippen LogP) is 2.38. The molecule has 2 aliphatic rings. The van der Waals surface area contributed by atoms with E-state index in [0.29, 0.717) is 47.7 Å². The highest BCUT2D eigenvalue weighted by molar-refractivity contribution is 6.51. The first-order chi connectivity index (χ1) is 12.1. The summed E-state index contributed by atoms with van der Waals surface area (Å²) in [7, 11) is 0. The number of rotatable bonds is 6. The van der Waals surface area contributed by atoms with E-state index in [9.17, 15) is 5.11 Å². The maximum absolute atomic E-state index is 9.99. The maximum atomic E-state index is 9.99. The smallest absolute Gasteiger partial charge is 0.144 e. The Kier molecular flexibility index (Phi) is 6.56. The third-order valence-electron chi connectivity index (χ3n) is 3.97. The van der Waals surface area contributed by atoms with Gasteiger partial charge in [-0.2, -0.15) is 0 Å². The first-order valence-electron chi connectivity index (χ1n) is 8.08. The summed E-state index contributed by atoms with van der Waals surface area (Å²) in [5, 5.41) is 15.0. The molecule has 1 saturated heterocycles. The number of nitrogens with zero attached hydrogens (tertiary/aromatic N) is 2. The standard InChI is InChI=1S/C17H20Cl2N2O4/c18-13-1-2-16-15(7-13)17(19)12(10-24-16)8-20-25-11-14(22)9-21-3-5-23-6-4-21/h1-2,7-8,14,22H,3-6,9-11H2/b20-8-/t14-/m1/s1. The molecule has 1 fully saturated rings. The summed E-state index contributed by atoms with van der Waals surface area (Å²) in [6.07, 6.45) is 0.898. The Balaban J connectivity index is 1.51. The number of aliphatic hydroxyl groups is 1. The number of morpholine rings is 1. The summed E-state index contributed by atoms with van der Waals surface area (Å²) in [4.78, 5) is 7.32. The number of β-amino-alcohol motifs (C(OH)–C–C–N with tert-alkyl or cyclic N) is 1. The zero-order valence-corrected chi connectivity index (χ0v) is 15.2. The van der Waals surface area contributed by atoms with Crippen LogP contribution in [0.25, 0.3) is 5.03 Å². The van der Waals surface area contributed by atoms with Crippen molar-refractivity contribution in [2.45, 2.75) is 6.10 Å². The predicted molar refractivity (Wildman–Crippen MR) is 97.4 cm³/mol. The lowest BCUT2D eigenvalue weighted by Gasteiger charge is -2.28. The highest BCUT2D eigenvalue weighted by atomic mass is 35.5. The number of ether oxygens (including phenoxy) is 2. The minimum atomic E-state index is -0.609. The zero-order chi connectivity index (χ0) is 17.6. The minimum absolute atomic E-state index is 0.113. The molecule has 0 amide bonds. The summed E-state index contributed by atoms with van der Waals surface area (Å²) in [5.41, 5.74) is 1.42. The maximum Gasteiger partial charge on any atom is 0.144 e. The van der Waals surface area contributed by atoms with E-state index >= 15 is 0 Å².